The third kappa shape index (κ3) is 1.36. The van der Waals surface area contributed by atoms with Gasteiger partial charge in [-0.05, 0) is 12.3 Å². The summed E-state index contributed by atoms with van der Waals surface area (Å²) in [6.45, 7) is 4.47. The fourth-order valence-corrected chi connectivity index (χ4v) is 1.16. The zero-order chi connectivity index (χ0) is 7.56. The van der Waals surface area contributed by atoms with Crippen LogP contribution in [0.3, 0.4) is 0 Å². The molecule has 1 rings (SSSR count). The van der Waals surface area contributed by atoms with Gasteiger partial charge in [0.2, 0.25) is 5.91 Å². The van der Waals surface area contributed by atoms with E-state index in [9.17, 15) is 4.79 Å². The van der Waals surface area contributed by atoms with Crippen molar-refractivity contribution < 1.29 is 4.79 Å². The minimum Gasteiger partial charge on any atom is -0.368 e. The molecule has 0 spiro atoms. The molecule has 1 amide bonds. The maximum atomic E-state index is 10.6. The van der Waals surface area contributed by atoms with Gasteiger partial charge in [0.15, 0.2) is 0 Å². The lowest BCUT2D eigenvalue weighted by Crippen LogP contribution is -2.36. The third-order valence-electron chi connectivity index (χ3n) is 1.84. The Kier molecular flexibility index (Phi) is 2.06. The van der Waals surface area contributed by atoms with Crippen LogP contribution in [0.15, 0.2) is 12.7 Å². The first kappa shape index (κ1) is 7.28. The molecule has 0 radical (unpaired) electrons. The first-order chi connectivity index (χ1) is 4.74. The minimum atomic E-state index is -0.260. The van der Waals surface area contributed by atoms with E-state index in [2.05, 4.69) is 11.9 Å². The number of carbonyl (C=O) groups excluding carboxylic acids is 1. The molecule has 3 N–H and O–H groups in total. The Morgan fingerprint density at radius 1 is 1.80 bits per heavy atom. The topological polar surface area (TPSA) is 55.1 Å². The standard InChI is InChI=1S/C7H12N2O/c1-2-5-3-6(7(8)10)9-4-5/h2,5-6,9H,1,3-4H2,(H2,8,10)/t5-,6+/m1/s1. The predicted molar refractivity (Wildman–Crippen MR) is 39.3 cm³/mol. The van der Waals surface area contributed by atoms with E-state index in [1.807, 2.05) is 6.08 Å². The molecule has 1 heterocycles. The number of nitrogens with two attached hydrogens (primary N) is 1. The van der Waals surface area contributed by atoms with Gasteiger partial charge < -0.3 is 11.1 Å². The molecule has 1 aliphatic rings. The molecule has 3 heteroatoms. The number of rotatable bonds is 2. The van der Waals surface area contributed by atoms with Gasteiger partial charge in [-0.2, -0.15) is 0 Å². The van der Waals surface area contributed by atoms with Crippen LogP contribution in [-0.4, -0.2) is 18.5 Å². The van der Waals surface area contributed by atoms with Crippen molar-refractivity contribution in [2.45, 2.75) is 12.5 Å². The average molecular weight is 140 g/mol. The molecule has 2 atom stereocenters. The molecular weight excluding hydrogens is 128 g/mol. The molecule has 3 nitrogen and oxygen atoms in total. The van der Waals surface area contributed by atoms with E-state index in [1.54, 1.807) is 0 Å². The first-order valence-corrected chi connectivity index (χ1v) is 3.39. The van der Waals surface area contributed by atoms with Gasteiger partial charge in [-0.1, -0.05) is 6.08 Å². The lowest BCUT2D eigenvalue weighted by molar-refractivity contribution is -0.119. The van der Waals surface area contributed by atoms with Gasteiger partial charge in [-0.3, -0.25) is 4.79 Å². The molecule has 0 aromatic rings. The zero-order valence-electron chi connectivity index (χ0n) is 5.84. The normalized spacial score (nSPS) is 32.0. The van der Waals surface area contributed by atoms with E-state index in [0.29, 0.717) is 5.92 Å². The smallest absolute Gasteiger partial charge is 0.234 e. The predicted octanol–water partition coefficient (Wildman–Crippen LogP) is -0.364. The maximum Gasteiger partial charge on any atom is 0.234 e. The molecule has 10 heavy (non-hydrogen) atoms. The van der Waals surface area contributed by atoms with Crippen molar-refractivity contribution in [3.8, 4) is 0 Å². The fraction of sp³-hybridized carbons (Fsp3) is 0.571. The summed E-state index contributed by atoms with van der Waals surface area (Å²) in [6.07, 6.45) is 2.66. The van der Waals surface area contributed by atoms with Gasteiger partial charge in [0.05, 0.1) is 6.04 Å². The Morgan fingerprint density at radius 3 is 2.80 bits per heavy atom. The lowest BCUT2D eigenvalue weighted by Gasteiger charge is -2.02. The molecule has 0 saturated carbocycles. The summed E-state index contributed by atoms with van der Waals surface area (Å²) < 4.78 is 0. The van der Waals surface area contributed by atoms with Crippen molar-refractivity contribution in [1.82, 2.24) is 5.32 Å². The Labute approximate surface area is 60.3 Å². The van der Waals surface area contributed by atoms with Gasteiger partial charge in [-0.15, -0.1) is 6.58 Å². The monoisotopic (exact) mass is 140 g/mol. The van der Waals surface area contributed by atoms with Gasteiger partial charge in [0.25, 0.3) is 0 Å². The zero-order valence-corrected chi connectivity index (χ0v) is 5.84. The largest absolute Gasteiger partial charge is 0.368 e. The second kappa shape index (κ2) is 2.84. The number of carbonyl (C=O) groups is 1. The van der Waals surface area contributed by atoms with Gasteiger partial charge >= 0.3 is 0 Å². The molecule has 1 aliphatic heterocycles. The van der Waals surface area contributed by atoms with Crippen LogP contribution in [0.1, 0.15) is 6.42 Å². The number of hydrogen-bond acceptors (Lipinski definition) is 2. The highest BCUT2D eigenvalue weighted by molar-refractivity contribution is 5.80. The second-order valence-electron chi connectivity index (χ2n) is 2.59. The summed E-state index contributed by atoms with van der Waals surface area (Å²) in [4.78, 5) is 10.6. The summed E-state index contributed by atoms with van der Waals surface area (Å²) in [7, 11) is 0. The average Bonchev–Trinajstić information content (AvgIpc) is 2.34. The SMILES string of the molecule is C=C[C@H]1CN[C@H](C(N)=O)C1. The quantitative estimate of drug-likeness (QED) is 0.514. The number of primary amides is 1. The van der Waals surface area contributed by atoms with E-state index in [-0.39, 0.29) is 11.9 Å². The molecule has 1 fully saturated rings. The Balaban J connectivity index is 2.42. The van der Waals surface area contributed by atoms with Crippen LogP contribution >= 0.6 is 0 Å². The van der Waals surface area contributed by atoms with Gasteiger partial charge in [0.1, 0.15) is 0 Å². The first-order valence-electron chi connectivity index (χ1n) is 3.39. The lowest BCUT2D eigenvalue weighted by atomic mass is 10.1. The number of amides is 1. The van der Waals surface area contributed by atoms with Crippen LogP contribution < -0.4 is 11.1 Å². The van der Waals surface area contributed by atoms with Crippen LogP contribution in [0.25, 0.3) is 0 Å². The molecule has 0 aromatic carbocycles. The highest BCUT2D eigenvalue weighted by Crippen LogP contribution is 2.13. The Morgan fingerprint density at radius 2 is 2.50 bits per heavy atom. The molecule has 0 bridgehead atoms. The number of hydrogen-bond donors (Lipinski definition) is 2. The molecule has 0 unspecified atom stereocenters. The van der Waals surface area contributed by atoms with E-state index in [1.165, 1.54) is 0 Å². The van der Waals surface area contributed by atoms with Crippen LogP contribution in [0.4, 0.5) is 0 Å². The van der Waals surface area contributed by atoms with Crippen LogP contribution in [0.5, 0.6) is 0 Å². The minimum absolute atomic E-state index is 0.136. The van der Waals surface area contributed by atoms with E-state index in [0.717, 1.165) is 13.0 Å². The highest BCUT2D eigenvalue weighted by atomic mass is 16.1. The van der Waals surface area contributed by atoms with Gasteiger partial charge in [-0.25, -0.2) is 0 Å². The van der Waals surface area contributed by atoms with Crippen LogP contribution in [0.2, 0.25) is 0 Å². The molecule has 1 saturated heterocycles. The van der Waals surface area contributed by atoms with E-state index < -0.39 is 0 Å². The highest BCUT2D eigenvalue weighted by Gasteiger charge is 2.25. The van der Waals surface area contributed by atoms with Crippen LogP contribution in [-0.2, 0) is 4.79 Å². The summed E-state index contributed by atoms with van der Waals surface area (Å²) in [6, 6.07) is -0.136. The van der Waals surface area contributed by atoms with E-state index >= 15 is 0 Å². The maximum absolute atomic E-state index is 10.6. The van der Waals surface area contributed by atoms with E-state index in [4.69, 9.17) is 5.73 Å². The summed E-state index contributed by atoms with van der Waals surface area (Å²) in [5, 5.41) is 3.01. The number of nitrogens with one attached hydrogen (secondary N) is 1. The van der Waals surface area contributed by atoms with Crippen molar-refractivity contribution >= 4 is 5.91 Å². The van der Waals surface area contributed by atoms with Crippen molar-refractivity contribution in [2.24, 2.45) is 11.7 Å². The fourth-order valence-electron chi connectivity index (χ4n) is 1.16. The van der Waals surface area contributed by atoms with Crippen molar-refractivity contribution in [3.63, 3.8) is 0 Å². The Bertz CT molecular complexity index is 156. The van der Waals surface area contributed by atoms with Crippen molar-refractivity contribution in [1.29, 1.82) is 0 Å². The molecule has 0 aliphatic carbocycles. The van der Waals surface area contributed by atoms with Crippen molar-refractivity contribution in [3.05, 3.63) is 12.7 Å². The summed E-state index contributed by atoms with van der Waals surface area (Å²) >= 11 is 0. The third-order valence-corrected chi connectivity index (χ3v) is 1.84. The molecule has 0 aromatic heterocycles. The van der Waals surface area contributed by atoms with Crippen molar-refractivity contribution in [2.75, 3.05) is 6.54 Å². The molecular formula is C7H12N2O. The summed E-state index contributed by atoms with van der Waals surface area (Å²) in [5.74, 6) is 0.154. The van der Waals surface area contributed by atoms with Crippen LogP contribution in [0, 0.1) is 5.92 Å². The second-order valence-corrected chi connectivity index (χ2v) is 2.59. The van der Waals surface area contributed by atoms with Gasteiger partial charge in [0, 0.05) is 6.54 Å². The molecule has 56 valence electrons. The Hall–Kier alpha value is -0.830. The summed E-state index contributed by atoms with van der Waals surface area (Å²) in [5.41, 5.74) is 5.08.